The molecule has 5 aromatic rings. The molecule has 10 heteroatoms. The molecule has 0 atom stereocenters. The first-order chi connectivity index (χ1) is 22.4. The van der Waals surface area contributed by atoms with Crippen LogP contribution in [0.15, 0.2) is 91.0 Å². The molecule has 0 amide bonds. The van der Waals surface area contributed by atoms with Gasteiger partial charge in [-0.15, -0.1) is 0 Å². The van der Waals surface area contributed by atoms with E-state index in [1.165, 1.54) is 11.1 Å². The summed E-state index contributed by atoms with van der Waals surface area (Å²) in [6.45, 7) is 7.87. The van der Waals surface area contributed by atoms with Crippen LogP contribution in [0.4, 0.5) is 17.2 Å². The number of para-hydroxylation sites is 1. The largest absolute Gasteiger partial charge is 0.398 e. The lowest BCUT2D eigenvalue weighted by molar-refractivity contribution is 0.103. The van der Waals surface area contributed by atoms with Crippen molar-refractivity contribution in [1.29, 1.82) is 0 Å². The lowest BCUT2D eigenvalue weighted by Crippen LogP contribution is -2.48. The molecule has 7 rings (SSSR count). The van der Waals surface area contributed by atoms with Gasteiger partial charge in [-0.2, -0.15) is 0 Å². The molecule has 2 aliphatic heterocycles. The first-order valence-electron chi connectivity index (χ1n) is 15.7. The van der Waals surface area contributed by atoms with Gasteiger partial charge in [-0.3, -0.25) is 9.80 Å². The Morgan fingerprint density at radius 3 is 1.89 bits per heavy atom. The molecule has 2 N–H and O–H groups in total. The highest BCUT2D eigenvalue weighted by Crippen LogP contribution is 2.32. The third kappa shape index (κ3) is 6.75. The molecule has 46 heavy (non-hydrogen) atoms. The van der Waals surface area contributed by atoms with Crippen LogP contribution in [0.2, 0.25) is 15.1 Å². The first-order valence-corrected chi connectivity index (χ1v) is 16.8. The Morgan fingerprint density at radius 2 is 1.26 bits per heavy atom. The van der Waals surface area contributed by atoms with Gasteiger partial charge >= 0.3 is 0 Å². The molecule has 3 heterocycles. The van der Waals surface area contributed by atoms with Gasteiger partial charge in [-0.05, 0) is 65.7 Å². The van der Waals surface area contributed by atoms with Crippen molar-refractivity contribution in [3.63, 3.8) is 0 Å². The molecule has 0 saturated carbocycles. The third-order valence-corrected chi connectivity index (χ3v) is 9.90. The minimum absolute atomic E-state index is 0.128. The minimum Gasteiger partial charge on any atom is -0.398 e. The molecule has 236 valence electrons. The van der Waals surface area contributed by atoms with Gasteiger partial charge in [0.15, 0.2) is 0 Å². The number of aromatic nitrogens is 2. The molecule has 0 bridgehead atoms. The van der Waals surface area contributed by atoms with Crippen LogP contribution in [0.1, 0.15) is 23.0 Å². The summed E-state index contributed by atoms with van der Waals surface area (Å²) in [5, 5.41) is 3.17. The average molecular weight is 673 g/mol. The first kappa shape index (κ1) is 31.0. The number of nitrogen functional groups attached to an aromatic ring is 1. The molecule has 7 nitrogen and oxygen atoms in total. The van der Waals surface area contributed by atoms with Gasteiger partial charge in [0.05, 0.1) is 28.8 Å². The molecule has 4 aromatic carbocycles. The molecule has 0 unspecified atom stereocenters. The highest BCUT2D eigenvalue weighted by Gasteiger charge is 2.28. The molecule has 2 fully saturated rings. The van der Waals surface area contributed by atoms with Gasteiger partial charge in [0.25, 0.3) is 0 Å². The predicted molar refractivity (Wildman–Crippen MR) is 191 cm³/mol. The minimum atomic E-state index is 0.128. The van der Waals surface area contributed by atoms with E-state index < -0.39 is 0 Å². The maximum atomic E-state index is 6.32. The van der Waals surface area contributed by atoms with Gasteiger partial charge in [-0.1, -0.05) is 71.2 Å². The summed E-state index contributed by atoms with van der Waals surface area (Å²) in [6, 6.07) is 30.7. The maximum Gasteiger partial charge on any atom is 0.145 e. The van der Waals surface area contributed by atoms with Gasteiger partial charge in [-0.25, -0.2) is 9.97 Å². The number of anilines is 3. The number of hydrogen-bond donors (Lipinski definition) is 1. The van der Waals surface area contributed by atoms with Crippen molar-refractivity contribution in [2.24, 2.45) is 0 Å². The standard InChI is InChI=1S/C36H36Cl3N7/c37-27-9-5-25(6-10-27)35(26-7-11-28(38)12-8-26)45-17-15-43(16-18-45)24-34-41-33-4-2-1-3-30(33)36(42-34)46-21-19-44(20-22-46)29-13-14-32(40)31(39)23-29/h1-14,23,35H,15-22,24,40H2. The number of nitrogens with two attached hydrogens (primary N) is 1. The summed E-state index contributed by atoms with van der Waals surface area (Å²) in [5.41, 5.74) is 11.1. The number of nitrogens with zero attached hydrogens (tertiary/aromatic N) is 6. The van der Waals surface area contributed by atoms with Crippen molar-refractivity contribution in [2.45, 2.75) is 12.6 Å². The second-order valence-corrected chi connectivity index (χ2v) is 13.3. The van der Waals surface area contributed by atoms with Crippen LogP contribution < -0.4 is 15.5 Å². The summed E-state index contributed by atoms with van der Waals surface area (Å²) in [7, 11) is 0. The highest BCUT2D eigenvalue weighted by molar-refractivity contribution is 6.33. The smallest absolute Gasteiger partial charge is 0.145 e. The molecule has 2 saturated heterocycles. The van der Waals surface area contributed by atoms with Crippen LogP contribution in [0.5, 0.6) is 0 Å². The Bertz CT molecular complexity index is 1750. The molecule has 0 spiro atoms. The highest BCUT2D eigenvalue weighted by atomic mass is 35.5. The number of rotatable bonds is 7. The van der Waals surface area contributed by atoms with E-state index in [2.05, 4.69) is 68.1 Å². The van der Waals surface area contributed by atoms with Gasteiger partial charge in [0.2, 0.25) is 0 Å². The van der Waals surface area contributed by atoms with E-state index in [0.717, 1.165) is 90.6 Å². The summed E-state index contributed by atoms with van der Waals surface area (Å²) >= 11 is 18.8. The number of hydrogen-bond acceptors (Lipinski definition) is 7. The number of benzene rings is 4. The normalized spacial score (nSPS) is 16.4. The lowest BCUT2D eigenvalue weighted by Gasteiger charge is -2.40. The van der Waals surface area contributed by atoms with Crippen LogP contribution in [-0.4, -0.2) is 72.1 Å². The second kappa shape index (κ2) is 13.6. The van der Waals surface area contributed by atoms with Crippen LogP contribution in [0, 0.1) is 0 Å². The SMILES string of the molecule is Nc1ccc(N2CCN(c3nc(CN4CCN(C(c5ccc(Cl)cc5)c5ccc(Cl)cc5)CC4)nc4ccccc34)CC2)cc1Cl. The van der Waals surface area contributed by atoms with Crippen molar-refractivity contribution in [1.82, 2.24) is 19.8 Å². The summed E-state index contributed by atoms with van der Waals surface area (Å²) in [4.78, 5) is 20.0. The topological polar surface area (TPSA) is 64.8 Å². The molecule has 0 aliphatic carbocycles. The van der Waals surface area contributed by atoms with E-state index in [1.54, 1.807) is 0 Å². The van der Waals surface area contributed by atoms with E-state index in [0.29, 0.717) is 17.3 Å². The van der Waals surface area contributed by atoms with Crippen molar-refractivity contribution >= 4 is 62.9 Å². The Labute approximate surface area is 285 Å². The summed E-state index contributed by atoms with van der Waals surface area (Å²) in [6.07, 6.45) is 0. The summed E-state index contributed by atoms with van der Waals surface area (Å²) < 4.78 is 0. The van der Waals surface area contributed by atoms with E-state index in [4.69, 9.17) is 50.5 Å². The number of fused-ring (bicyclic) bond motifs is 1. The van der Waals surface area contributed by atoms with Gasteiger partial charge in [0, 0.05) is 73.5 Å². The Hall–Kier alpha value is -3.59. The molecule has 1 aromatic heterocycles. The Kier molecular flexibility index (Phi) is 9.20. The number of halogens is 3. The molecule has 2 aliphatic rings. The van der Waals surface area contributed by atoms with E-state index in [-0.39, 0.29) is 6.04 Å². The predicted octanol–water partition coefficient (Wildman–Crippen LogP) is 7.41. The average Bonchev–Trinajstić information content (AvgIpc) is 3.08. The Balaban J connectivity index is 1.06. The van der Waals surface area contributed by atoms with Crippen LogP contribution in [0.25, 0.3) is 10.9 Å². The molecular weight excluding hydrogens is 637 g/mol. The van der Waals surface area contributed by atoms with Crippen molar-refractivity contribution in [3.8, 4) is 0 Å². The van der Waals surface area contributed by atoms with Crippen LogP contribution >= 0.6 is 34.8 Å². The quantitative estimate of drug-likeness (QED) is 0.181. The second-order valence-electron chi connectivity index (χ2n) is 12.0. The molecule has 0 radical (unpaired) electrons. The monoisotopic (exact) mass is 671 g/mol. The van der Waals surface area contributed by atoms with Crippen molar-refractivity contribution in [3.05, 3.63) is 123 Å². The maximum absolute atomic E-state index is 6.32. The van der Waals surface area contributed by atoms with Gasteiger partial charge in [0.1, 0.15) is 11.6 Å². The van der Waals surface area contributed by atoms with Gasteiger partial charge < -0.3 is 15.5 Å². The summed E-state index contributed by atoms with van der Waals surface area (Å²) in [5.74, 6) is 1.88. The van der Waals surface area contributed by atoms with E-state index >= 15 is 0 Å². The Morgan fingerprint density at radius 1 is 0.652 bits per heavy atom. The van der Waals surface area contributed by atoms with Crippen molar-refractivity contribution < 1.29 is 0 Å². The zero-order valence-electron chi connectivity index (χ0n) is 25.5. The van der Waals surface area contributed by atoms with Crippen LogP contribution in [0.3, 0.4) is 0 Å². The van der Waals surface area contributed by atoms with E-state index in [1.807, 2.05) is 42.5 Å². The third-order valence-electron chi connectivity index (χ3n) is 9.07. The van der Waals surface area contributed by atoms with Crippen molar-refractivity contribution in [2.75, 3.05) is 67.9 Å². The fourth-order valence-electron chi connectivity index (χ4n) is 6.59. The van der Waals surface area contributed by atoms with Crippen LogP contribution in [-0.2, 0) is 6.54 Å². The fraction of sp³-hybridized carbons (Fsp3) is 0.278. The molecular formula is C36H36Cl3N7. The fourth-order valence-corrected chi connectivity index (χ4v) is 7.02. The zero-order chi connectivity index (χ0) is 31.6. The number of piperazine rings is 2. The van der Waals surface area contributed by atoms with E-state index in [9.17, 15) is 0 Å². The lowest BCUT2D eigenvalue weighted by atomic mass is 9.96. The zero-order valence-corrected chi connectivity index (χ0v) is 27.8.